The SMILES string of the molecule is Cc1ccc(C(=O)N2CCC(NCC3CC3)CC2)s1.Cl. The van der Waals surface area contributed by atoms with Gasteiger partial charge in [-0.3, -0.25) is 4.79 Å². The third-order valence-electron chi connectivity index (χ3n) is 4.13. The topological polar surface area (TPSA) is 32.3 Å². The van der Waals surface area contributed by atoms with E-state index in [1.165, 1.54) is 24.3 Å². The molecule has 1 saturated carbocycles. The molecule has 112 valence electrons. The molecule has 1 aromatic rings. The molecule has 1 N–H and O–H groups in total. The first kappa shape index (κ1) is 15.8. The normalized spacial score (nSPS) is 19.8. The lowest BCUT2D eigenvalue weighted by molar-refractivity contribution is 0.0710. The van der Waals surface area contributed by atoms with Gasteiger partial charge in [0.15, 0.2) is 0 Å². The van der Waals surface area contributed by atoms with Crippen LogP contribution in [0.3, 0.4) is 0 Å². The molecular weight excluding hydrogens is 292 g/mol. The highest BCUT2D eigenvalue weighted by molar-refractivity contribution is 7.13. The Labute approximate surface area is 131 Å². The van der Waals surface area contributed by atoms with Gasteiger partial charge in [0, 0.05) is 24.0 Å². The lowest BCUT2D eigenvalue weighted by atomic mass is 10.0. The number of hydrogen-bond donors (Lipinski definition) is 1. The number of carbonyl (C=O) groups excluding carboxylic acids is 1. The minimum absolute atomic E-state index is 0. The molecule has 2 fully saturated rings. The van der Waals surface area contributed by atoms with Crippen molar-refractivity contribution in [1.29, 1.82) is 0 Å². The summed E-state index contributed by atoms with van der Waals surface area (Å²) in [4.78, 5) is 16.4. The van der Waals surface area contributed by atoms with Crippen LogP contribution in [0.2, 0.25) is 0 Å². The van der Waals surface area contributed by atoms with Gasteiger partial charge in [0.2, 0.25) is 0 Å². The van der Waals surface area contributed by atoms with Crippen molar-refractivity contribution < 1.29 is 4.79 Å². The fraction of sp³-hybridized carbons (Fsp3) is 0.667. The van der Waals surface area contributed by atoms with Gasteiger partial charge < -0.3 is 10.2 Å². The maximum absolute atomic E-state index is 12.3. The van der Waals surface area contributed by atoms with Crippen LogP contribution in [0.1, 0.15) is 40.2 Å². The first-order chi connectivity index (χ1) is 9.22. The third-order valence-corrected chi connectivity index (χ3v) is 5.11. The number of aryl methyl sites for hydroxylation is 1. The molecule has 0 radical (unpaired) electrons. The Kier molecular flexibility index (Phi) is 5.47. The molecule has 2 heterocycles. The lowest BCUT2D eigenvalue weighted by Gasteiger charge is -2.32. The number of rotatable bonds is 4. The average molecular weight is 315 g/mol. The molecule has 1 aliphatic heterocycles. The molecule has 2 aliphatic rings. The summed E-state index contributed by atoms with van der Waals surface area (Å²) >= 11 is 1.61. The number of halogens is 1. The van der Waals surface area contributed by atoms with Crippen molar-refractivity contribution in [3.63, 3.8) is 0 Å². The van der Waals surface area contributed by atoms with Crippen molar-refractivity contribution in [2.75, 3.05) is 19.6 Å². The Hall–Kier alpha value is -0.580. The minimum atomic E-state index is 0. The standard InChI is InChI=1S/C15H22N2OS.ClH/c1-11-2-5-14(19-11)15(18)17-8-6-13(7-9-17)16-10-12-3-4-12;/h2,5,12-13,16H,3-4,6-10H2,1H3;1H. The number of nitrogens with zero attached hydrogens (tertiary/aromatic N) is 1. The van der Waals surface area contributed by atoms with E-state index < -0.39 is 0 Å². The quantitative estimate of drug-likeness (QED) is 0.926. The van der Waals surface area contributed by atoms with Crippen molar-refractivity contribution >= 4 is 29.7 Å². The highest BCUT2D eigenvalue weighted by atomic mass is 35.5. The van der Waals surface area contributed by atoms with Crippen LogP contribution in [0, 0.1) is 12.8 Å². The van der Waals surface area contributed by atoms with E-state index in [4.69, 9.17) is 0 Å². The Morgan fingerprint density at radius 3 is 2.55 bits per heavy atom. The largest absolute Gasteiger partial charge is 0.338 e. The Bertz CT molecular complexity index is 450. The highest BCUT2D eigenvalue weighted by Gasteiger charge is 2.26. The van der Waals surface area contributed by atoms with Crippen LogP contribution in [0.15, 0.2) is 12.1 Å². The van der Waals surface area contributed by atoms with E-state index in [0.717, 1.165) is 36.7 Å². The van der Waals surface area contributed by atoms with Gasteiger partial charge in [0.1, 0.15) is 0 Å². The van der Waals surface area contributed by atoms with Crippen molar-refractivity contribution in [3.8, 4) is 0 Å². The zero-order valence-electron chi connectivity index (χ0n) is 11.9. The summed E-state index contributed by atoms with van der Waals surface area (Å²) in [5.74, 6) is 1.16. The zero-order chi connectivity index (χ0) is 13.2. The maximum atomic E-state index is 12.3. The van der Waals surface area contributed by atoms with Crippen molar-refractivity contribution in [2.24, 2.45) is 5.92 Å². The van der Waals surface area contributed by atoms with Gasteiger partial charge in [-0.05, 0) is 57.2 Å². The van der Waals surface area contributed by atoms with E-state index in [-0.39, 0.29) is 18.3 Å². The van der Waals surface area contributed by atoms with Crippen LogP contribution in [0.4, 0.5) is 0 Å². The predicted molar refractivity (Wildman–Crippen MR) is 86.0 cm³/mol. The monoisotopic (exact) mass is 314 g/mol. The fourth-order valence-corrected chi connectivity index (χ4v) is 3.48. The van der Waals surface area contributed by atoms with Gasteiger partial charge in [-0.25, -0.2) is 0 Å². The molecule has 0 atom stereocenters. The molecule has 1 aromatic heterocycles. The second-order valence-electron chi connectivity index (χ2n) is 5.83. The number of piperidine rings is 1. The van der Waals surface area contributed by atoms with E-state index in [1.54, 1.807) is 11.3 Å². The summed E-state index contributed by atoms with van der Waals surface area (Å²) in [6, 6.07) is 4.61. The van der Waals surface area contributed by atoms with E-state index in [1.807, 2.05) is 17.0 Å². The van der Waals surface area contributed by atoms with Crippen LogP contribution in [-0.4, -0.2) is 36.5 Å². The number of hydrogen-bond acceptors (Lipinski definition) is 3. The first-order valence-corrected chi connectivity index (χ1v) is 8.13. The fourth-order valence-electron chi connectivity index (χ4n) is 2.65. The molecular formula is C15H23ClN2OS. The maximum Gasteiger partial charge on any atom is 0.263 e. The average Bonchev–Trinajstić information content (AvgIpc) is 3.17. The molecule has 1 aliphatic carbocycles. The van der Waals surface area contributed by atoms with Gasteiger partial charge in [-0.15, -0.1) is 23.7 Å². The van der Waals surface area contributed by atoms with Crippen molar-refractivity contribution in [2.45, 2.75) is 38.6 Å². The van der Waals surface area contributed by atoms with Crippen molar-refractivity contribution in [3.05, 3.63) is 21.9 Å². The smallest absolute Gasteiger partial charge is 0.263 e. The second-order valence-corrected chi connectivity index (χ2v) is 7.12. The van der Waals surface area contributed by atoms with Gasteiger partial charge in [0.05, 0.1) is 4.88 Å². The Balaban J connectivity index is 0.00000147. The van der Waals surface area contributed by atoms with Gasteiger partial charge in [-0.1, -0.05) is 0 Å². The van der Waals surface area contributed by atoms with Crippen LogP contribution in [0.5, 0.6) is 0 Å². The number of amides is 1. The summed E-state index contributed by atoms with van der Waals surface area (Å²) in [5, 5.41) is 3.65. The molecule has 20 heavy (non-hydrogen) atoms. The first-order valence-electron chi connectivity index (χ1n) is 7.31. The molecule has 0 bridgehead atoms. The van der Waals surface area contributed by atoms with E-state index in [2.05, 4.69) is 12.2 Å². The van der Waals surface area contributed by atoms with Crippen LogP contribution in [0.25, 0.3) is 0 Å². The lowest BCUT2D eigenvalue weighted by Crippen LogP contribution is -2.45. The predicted octanol–water partition coefficient (Wildman–Crippen LogP) is 3.08. The van der Waals surface area contributed by atoms with Crippen LogP contribution < -0.4 is 5.32 Å². The molecule has 5 heteroatoms. The van der Waals surface area contributed by atoms with Crippen molar-refractivity contribution in [1.82, 2.24) is 10.2 Å². The van der Waals surface area contributed by atoms with E-state index in [0.29, 0.717) is 6.04 Å². The second kappa shape index (κ2) is 6.92. The molecule has 3 rings (SSSR count). The summed E-state index contributed by atoms with van der Waals surface area (Å²) < 4.78 is 0. The summed E-state index contributed by atoms with van der Waals surface area (Å²) in [6.07, 6.45) is 5.01. The Morgan fingerprint density at radius 1 is 1.30 bits per heavy atom. The third kappa shape index (κ3) is 3.96. The number of thiophene rings is 1. The molecule has 0 spiro atoms. The minimum Gasteiger partial charge on any atom is -0.338 e. The number of likely N-dealkylation sites (tertiary alicyclic amines) is 1. The summed E-state index contributed by atoms with van der Waals surface area (Å²) in [5.41, 5.74) is 0. The van der Waals surface area contributed by atoms with Gasteiger partial charge >= 0.3 is 0 Å². The van der Waals surface area contributed by atoms with Crippen LogP contribution in [-0.2, 0) is 0 Å². The zero-order valence-corrected chi connectivity index (χ0v) is 13.6. The molecule has 0 unspecified atom stereocenters. The van der Waals surface area contributed by atoms with E-state index >= 15 is 0 Å². The number of nitrogens with one attached hydrogen (secondary N) is 1. The summed E-state index contributed by atoms with van der Waals surface area (Å²) in [6.45, 7) is 5.04. The van der Waals surface area contributed by atoms with Gasteiger partial charge in [-0.2, -0.15) is 0 Å². The summed E-state index contributed by atoms with van der Waals surface area (Å²) in [7, 11) is 0. The van der Waals surface area contributed by atoms with Gasteiger partial charge in [0.25, 0.3) is 5.91 Å². The number of carbonyl (C=O) groups is 1. The molecule has 0 aromatic carbocycles. The molecule has 1 amide bonds. The Morgan fingerprint density at radius 2 is 2.00 bits per heavy atom. The molecule has 1 saturated heterocycles. The molecule has 3 nitrogen and oxygen atoms in total. The van der Waals surface area contributed by atoms with E-state index in [9.17, 15) is 4.79 Å². The highest BCUT2D eigenvalue weighted by Crippen LogP contribution is 2.28. The van der Waals surface area contributed by atoms with Crippen LogP contribution >= 0.6 is 23.7 Å².